The van der Waals surface area contributed by atoms with Crippen LogP contribution in [0.2, 0.25) is 0 Å². The van der Waals surface area contributed by atoms with Crippen LogP contribution < -0.4 is 0 Å². The van der Waals surface area contributed by atoms with E-state index in [9.17, 15) is 4.79 Å². The first-order chi connectivity index (χ1) is 6.25. The van der Waals surface area contributed by atoms with Crippen LogP contribution in [0.15, 0.2) is 11.4 Å². The van der Waals surface area contributed by atoms with Gasteiger partial charge in [0, 0.05) is 6.42 Å². The van der Waals surface area contributed by atoms with Gasteiger partial charge in [0.1, 0.15) is 0 Å². The van der Waals surface area contributed by atoms with Crippen molar-refractivity contribution in [3.8, 4) is 0 Å². The van der Waals surface area contributed by atoms with E-state index in [0.717, 1.165) is 29.7 Å². The van der Waals surface area contributed by atoms with Crippen molar-refractivity contribution in [1.82, 2.24) is 0 Å². The summed E-state index contributed by atoms with van der Waals surface area (Å²) in [6, 6.07) is 2.01. The molecule has 72 valence electrons. The fourth-order valence-electron chi connectivity index (χ4n) is 1.31. The van der Waals surface area contributed by atoms with Gasteiger partial charge in [-0.3, -0.25) is 4.79 Å². The Morgan fingerprint density at radius 2 is 2.23 bits per heavy atom. The highest BCUT2D eigenvalue weighted by Crippen LogP contribution is 2.18. The lowest BCUT2D eigenvalue weighted by molar-refractivity contribution is 0.0982. The Kier molecular flexibility index (Phi) is 4.16. The maximum absolute atomic E-state index is 11.6. The monoisotopic (exact) mass is 196 g/mol. The van der Waals surface area contributed by atoms with Crippen LogP contribution in [0.3, 0.4) is 0 Å². The maximum Gasteiger partial charge on any atom is 0.173 e. The lowest BCUT2D eigenvalue weighted by atomic mass is 10.1. The molecule has 0 saturated carbocycles. The Balaban J connectivity index is 2.45. The second-order valence-corrected chi connectivity index (χ2v) is 4.23. The van der Waals surface area contributed by atoms with Gasteiger partial charge in [0.2, 0.25) is 0 Å². The Labute approximate surface area is 83.8 Å². The highest BCUT2D eigenvalue weighted by molar-refractivity contribution is 7.12. The summed E-state index contributed by atoms with van der Waals surface area (Å²) in [5, 5.41) is 1.99. The predicted octanol–water partition coefficient (Wildman–Crippen LogP) is 3.82. The Hall–Kier alpha value is -0.630. The summed E-state index contributed by atoms with van der Waals surface area (Å²) in [5.41, 5.74) is 1.13. The maximum atomic E-state index is 11.6. The summed E-state index contributed by atoms with van der Waals surface area (Å²) in [5.74, 6) is 0.320. The van der Waals surface area contributed by atoms with E-state index in [0.29, 0.717) is 5.78 Å². The molecule has 0 aromatic carbocycles. The van der Waals surface area contributed by atoms with E-state index in [4.69, 9.17) is 0 Å². The van der Waals surface area contributed by atoms with E-state index >= 15 is 0 Å². The molecular formula is C11H16OS. The molecular weight excluding hydrogens is 180 g/mol. The number of hydrogen-bond acceptors (Lipinski definition) is 2. The molecule has 0 bridgehead atoms. The van der Waals surface area contributed by atoms with Gasteiger partial charge in [-0.05, 0) is 30.4 Å². The third-order valence-electron chi connectivity index (χ3n) is 2.12. The molecule has 0 spiro atoms. The summed E-state index contributed by atoms with van der Waals surface area (Å²) in [7, 11) is 0. The zero-order valence-corrected chi connectivity index (χ0v) is 9.12. The standard InChI is InChI=1S/C11H16OS/c1-3-4-5-6-10(12)11-9(2)7-8-13-11/h7-8H,3-6H2,1-2H3. The summed E-state index contributed by atoms with van der Waals surface area (Å²) in [4.78, 5) is 12.6. The van der Waals surface area contributed by atoms with Crippen LogP contribution in [0, 0.1) is 6.92 Å². The second-order valence-electron chi connectivity index (χ2n) is 3.31. The molecule has 13 heavy (non-hydrogen) atoms. The molecule has 0 N–H and O–H groups in total. The number of carbonyl (C=O) groups excluding carboxylic acids is 1. The molecule has 2 heteroatoms. The largest absolute Gasteiger partial charge is 0.293 e. The van der Waals surface area contributed by atoms with Crippen molar-refractivity contribution in [2.24, 2.45) is 0 Å². The molecule has 0 aliphatic rings. The Morgan fingerprint density at radius 3 is 2.77 bits per heavy atom. The van der Waals surface area contributed by atoms with E-state index in [-0.39, 0.29) is 0 Å². The lowest BCUT2D eigenvalue weighted by Gasteiger charge is -1.98. The van der Waals surface area contributed by atoms with Crippen LogP contribution in [0.1, 0.15) is 47.8 Å². The van der Waals surface area contributed by atoms with Gasteiger partial charge >= 0.3 is 0 Å². The van der Waals surface area contributed by atoms with Gasteiger partial charge in [0.15, 0.2) is 5.78 Å². The molecule has 0 radical (unpaired) electrons. The lowest BCUT2D eigenvalue weighted by Crippen LogP contribution is -1.97. The van der Waals surface area contributed by atoms with Gasteiger partial charge in [-0.25, -0.2) is 0 Å². The zero-order chi connectivity index (χ0) is 9.68. The summed E-state index contributed by atoms with van der Waals surface area (Å²) >= 11 is 1.57. The van der Waals surface area contributed by atoms with Crippen LogP contribution in [0.25, 0.3) is 0 Å². The van der Waals surface area contributed by atoms with Gasteiger partial charge in [0.25, 0.3) is 0 Å². The molecule has 1 heterocycles. The second kappa shape index (κ2) is 5.18. The van der Waals surface area contributed by atoms with Gasteiger partial charge in [-0.1, -0.05) is 19.8 Å². The van der Waals surface area contributed by atoms with Crippen molar-refractivity contribution < 1.29 is 4.79 Å². The van der Waals surface area contributed by atoms with Gasteiger partial charge in [-0.2, -0.15) is 0 Å². The molecule has 1 aromatic heterocycles. The molecule has 1 rings (SSSR count). The number of unbranched alkanes of at least 4 members (excludes halogenated alkanes) is 2. The summed E-state index contributed by atoms with van der Waals surface area (Å²) in [6.07, 6.45) is 4.09. The number of ketones is 1. The molecule has 0 aliphatic heterocycles. The highest BCUT2D eigenvalue weighted by atomic mass is 32.1. The minimum atomic E-state index is 0.320. The van der Waals surface area contributed by atoms with E-state index in [1.807, 2.05) is 18.4 Å². The first kappa shape index (κ1) is 10.5. The van der Waals surface area contributed by atoms with Crippen LogP contribution in [0.4, 0.5) is 0 Å². The third-order valence-corrected chi connectivity index (χ3v) is 3.18. The van der Waals surface area contributed by atoms with Crippen LogP contribution >= 0.6 is 11.3 Å². The Bertz CT molecular complexity index is 275. The van der Waals surface area contributed by atoms with Crippen molar-refractivity contribution in [2.75, 3.05) is 0 Å². The number of thiophene rings is 1. The molecule has 0 unspecified atom stereocenters. The number of carbonyl (C=O) groups is 1. The molecule has 0 amide bonds. The molecule has 1 aromatic rings. The van der Waals surface area contributed by atoms with Crippen molar-refractivity contribution in [3.05, 3.63) is 21.9 Å². The first-order valence-electron chi connectivity index (χ1n) is 4.83. The number of rotatable bonds is 5. The molecule has 0 aliphatic carbocycles. The van der Waals surface area contributed by atoms with E-state index in [1.54, 1.807) is 11.3 Å². The minimum Gasteiger partial charge on any atom is -0.293 e. The summed E-state index contributed by atoms with van der Waals surface area (Å²) in [6.45, 7) is 4.16. The SMILES string of the molecule is CCCCCC(=O)c1sccc1C. The van der Waals surface area contributed by atoms with Gasteiger partial charge in [0.05, 0.1) is 4.88 Å². The van der Waals surface area contributed by atoms with E-state index < -0.39 is 0 Å². The van der Waals surface area contributed by atoms with E-state index in [1.165, 1.54) is 6.42 Å². The fraction of sp³-hybridized carbons (Fsp3) is 0.545. The summed E-state index contributed by atoms with van der Waals surface area (Å²) < 4.78 is 0. The average molecular weight is 196 g/mol. The topological polar surface area (TPSA) is 17.1 Å². The zero-order valence-electron chi connectivity index (χ0n) is 8.30. The van der Waals surface area contributed by atoms with Crippen LogP contribution in [-0.4, -0.2) is 5.78 Å². The Morgan fingerprint density at radius 1 is 1.46 bits per heavy atom. The number of Topliss-reactive ketones (excluding diaryl/α,β-unsaturated/α-hetero) is 1. The van der Waals surface area contributed by atoms with Crippen molar-refractivity contribution in [1.29, 1.82) is 0 Å². The minimum absolute atomic E-state index is 0.320. The molecule has 1 nitrogen and oxygen atoms in total. The normalized spacial score (nSPS) is 10.3. The van der Waals surface area contributed by atoms with Crippen molar-refractivity contribution in [3.63, 3.8) is 0 Å². The molecule has 0 fully saturated rings. The van der Waals surface area contributed by atoms with Crippen molar-refractivity contribution in [2.45, 2.75) is 39.5 Å². The molecule has 0 saturated heterocycles. The molecule has 0 atom stereocenters. The highest BCUT2D eigenvalue weighted by Gasteiger charge is 2.09. The van der Waals surface area contributed by atoms with Crippen molar-refractivity contribution >= 4 is 17.1 Å². The average Bonchev–Trinajstić information content (AvgIpc) is 2.52. The number of hydrogen-bond donors (Lipinski definition) is 0. The quantitative estimate of drug-likeness (QED) is 0.517. The first-order valence-corrected chi connectivity index (χ1v) is 5.71. The van der Waals surface area contributed by atoms with Gasteiger partial charge < -0.3 is 0 Å². The van der Waals surface area contributed by atoms with Crippen LogP contribution in [-0.2, 0) is 0 Å². The fourth-order valence-corrected chi connectivity index (χ4v) is 2.20. The predicted molar refractivity (Wildman–Crippen MR) is 57.5 cm³/mol. The number of aryl methyl sites for hydroxylation is 1. The third kappa shape index (κ3) is 2.96. The smallest absolute Gasteiger partial charge is 0.173 e. The van der Waals surface area contributed by atoms with Gasteiger partial charge in [-0.15, -0.1) is 11.3 Å². The van der Waals surface area contributed by atoms with Crippen LogP contribution in [0.5, 0.6) is 0 Å². The van der Waals surface area contributed by atoms with E-state index in [2.05, 4.69) is 6.92 Å².